The van der Waals surface area contributed by atoms with Gasteiger partial charge in [0, 0.05) is 12.0 Å². The van der Waals surface area contributed by atoms with Gasteiger partial charge in [-0.2, -0.15) is 0 Å². The normalized spacial score (nSPS) is 13.8. The molecular formula is C16H22FNO3. The number of carbonyl (C=O) groups excluding carboxylic acids is 1. The van der Waals surface area contributed by atoms with Gasteiger partial charge in [0.1, 0.15) is 5.82 Å². The van der Waals surface area contributed by atoms with Crippen LogP contribution in [0.15, 0.2) is 24.3 Å². The molecule has 0 aromatic heterocycles. The van der Waals surface area contributed by atoms with E-state index in [0.29, 0.717) is 6.42 Å². The number of amides is 1. The standard InChI is InChI=1S/C16H22FNO3/c1-11(2)16(3,10-15(20)21)18-14(19)9-6-12-4-7-13(17)8-5-12/h4-5,7-8,11H,6,9-10H2,1-3H3,(H,18,19)(H,20,21). The van der Waals surface area contributed by atoms with Gasteiger partial charge in [-0.1, -0.05) is 26.0 Å². The molecule has 1 aromatic rings. The van der Waals surface area contributed by atoms with E-state index in [2.05, 4.69) is 5.32 Å². The van der Waals surface area contributed by atoms with Crippen molar-refractivity contribution in [3.63, 3.8) is 0 Å². The zero-order valence-corrected chi connectivity index (χ0v) is 12.6. The predicted octanol–water partition coefficient (Wildman–Crippen LogP) is 2.76. The van der Waals surface area contributed by atoms with Crippen molar-refractivity contribution >= 4 is 11.9 Å². The van der Waals surface area contributed by atoms with Gasteiger partial charge in [0.05, 0.1) is 6.42 Å². The van der Waals surface area contributed by atoms with Crippen LogP contribution in [0.2, 0.25) is 0 Å². The number of aryl methyl sites for hydroxylation is 1. The second kappa shape index (κ2) is 7.20. The third kappa shape index (κ3) is 5.53. The Kier molecular flexibility index (Phi) is 5.88. The van der Waals surface area contributed by atoms with Crippen molar-refractivity contribution in [1.82, 2.24) is 5.32 Å². The molecule has 0 bridgehead atoms. The highest BCUT2D eigenvalue weighted by molar-refractivity contribution is 5.78. The van der Waals surface area contributed by atoms with E-state index in [1.807, 2.05) is 13.8 Å². The summed E-state index contributed by atoms with van der Waals surface area (Å²) in [5.74, 6) is -1.44. The molecule has 0 saturated heterocycles. The molecule has 0 fully saturated rings. The smallest absolute Gasteiger partial charge is 0.305 e. The molecule has 1 atom stereocenters. The van der Waals surface area contributed by atoms with Crippen LogP contribution in [-0.2, 0) is 16.0 Å². The summed E-state index contributed by atoms with van der Waals surface area (Å²) in [6.07, 6.45) is 0.619. The Bertz CT molecular complexity index is 499. The molecule has 116 valence electrons. The van der Waals surface area contributed by atoms with Crippen molar-refractivity contribution < 1.29 is 19.1 Å². The zero-order chi connectivity index (χ0) is 16.0. The summed E-state index contributed by atoms with van der Waals surface area (Å²) >= 11 is 0. The van der Waals surface area contributed by atoms with Gasteiger partial charge >= 0.3 is 5.97 Å². The molecular weight excluding hydrogens is 273 g/mol. The molecule has 1 amide bonds. The first-order chi connectivity index (χ1) is 9.73. The molecule has 0 aliphatic heterocycles. The quantitative estimate of drug-likeness (QED) is 0.813. The summed E-state index contributed by atoms with van der Waals surface area (Å²) in [5, 5.41) is 11.8. The monoisotopic (exact) mass is 295 g/mol. The van der Waals surface area contributed by atoms with E-state index in [1.54, 1.807) is 19.1 Å². The lowest BCUT2D eigenvalue weighted by Crippen LogP contribution is -2.51. The molecule has 1 aromatic carbocycles. The Morgan fingerprint density at radius 3 is 2.33 bits per heavy atom. The van der Waals surface area contributed by atoms with Crippen LogP contribution >= 0.6 is 0 Å². The molecule has 0 heterocycles. The average molecular weight is 295 g/mol. The highest BCUT2D eigenvalue weighted by atomic mass is 19.1. The predicted molar refractivity (Wildman–Crippen MR) is 78.4 cm³/mol. The van der Waals surface area contributed by atoms with Crippen LogP contribution in [0, 0.1) is 11.7 Å². The van der Waals surface area contributed by atoms with Crippen LogP contribution in [0.1, 0.15) is 39.2 Å². The SMILES string of the molecule is CC(C)C(C)(CC(=O)O)NC(=O)CCc1ccc(F)cc1. The zero-order valence-electron chi connectivity index (χ0n) is 12.6. The van der Waals surface area contributed by atoms with E-state index in [4.69, 9.17) is 5.11 Å². The van der Waals surface area contributed by atoms with Gasteiger partial charge in [-0.25, -0.2) is 4.39 Å². The molecule has 21 heavy (non-hydrogen) atoms. The third-order valence-corrected chi connectivity index (χ3v) is 3.77. The van der Waals surface area contributed by atoms with Gasteiger partial charge < -0.3 is 10.4 Å². The molecule has 0 radical (unpaired) electrons. The van der Waals surface area contributed by atoms with Crippen molar-refractivity contribution in [2.75, 3.05) is 0 Å². The van der Waals surface area contributed by atoms with Crippen molar-refractivity contribution in [1.29, 1.82) is 0 Å². The van der Waals surface area contributed by atoms with E-state index in [-0.39, 0.29) is 30.5 Å². The Balaban J connectivity index is 2.58. The fraction of sp³-hybridized carbons (Fsp3) is 0.500. The van der Waals surface area contributed by atoms with Crippen LogP contribution in [-0.4, -0.2) is 22.5 Å². The fourth-order valence-electron chi connectivity index (χ4n) is 2.00. The summed E-state index contributed by atoms with van der Waals surface area (Å²) in [6, 6.07) is 5.99. The molecule has 1 rings (SSSR count). The lowest BCUT2D eigenvalue weighted by Gasteiger charge is -2.33. The van der Waals surface area contributed by atoms with Crippen LogP contribution in [0.5, 0.6) is 0 Å². The van der Waals surface area contributed by atoms with Gasteiger partial charge in [-0.15, -0.1) is 0 Å². The summed E-state index contributed by atoms with van der Waals surface area (Å²) in [7, 11) is 0. The number of hydrogen-bond acceptors (Lipinski definition) is 2. The van der Waals surface area contributed by atoms with Gasteiger partial charge in [-0.3, -0.25) is 9.59 Å². The largest absolute Gasteiger partial charge is 0.481 e. The van der Waals surface area contributed by atoms with Crippen molar-refractivity contribution in [2.24, 2.45) is 5.92 Å². The minimum absolute atomic E-state index is 0.00312. The van der Waals surface area contributed by atoms with E-state index in [0.717, 1.165) is 5.56 Å². The minimum atomic E-state index is -0.940. The number of carboxylic acids is 1. The molecule has 0 saturated carbocycles. The summed E-state index contributed by atoms with van der Waals surface area (Å²) in [6.45, 7) is 5.49. The number of hydrogen-bond donors (Lipinski definition) is 2. The topological polar surface area (TPSA) is 66.4 Å². The first kappa shape index (κ1) is 17.1. The van der Waals surface area contributed by atoms with E-state index >= 15 is 0 Å². The number of rotatable bonds is 7. The van der Waals surface area contributed by atoms with Crippen LogP contribution < -0.4 is 5.32 Å². The first-order valence-electron chi connectivity index (χ1n) is 7.00. The summed E-state index contributed by atoms with van der Waals surface area (Å²) in [5.41, 5.74) is 0.0992. The van der Waals surface area contributed by atoms with Crippen molar-refractivity contribution in [3.8, 4) is 0 Å². The Hall–Kier alpha value is -1.91. The maximum atomic E-state index is 12.8. The van der Waals surface area contributed by atoms with Crippen LogP contribution in [0.4, 0.5) is 4.39 Å². The Morgan fingerprint density at radius 2 is 1.86 bits per heavy atom. The molecule has 4 nitrogen and oxygen atoms in total. The Morgan fingerprint density at radius 1 is 1.29 bits per heavy atom. The molecule has 0 aliphatic rings. The average Bonchev–Trinajstić information content (AvgIpc) is 2.36. The first-order valence-corrected chi connectivity index (χ1v) is 7.00. The van der Waals surface area contributed by atoms with Crippen molar-refractivity contribution in [3.05, 3.63) is 35.6 Å². The number of aliphatic carboxylic acids is 1. The summed E-state index contributed by atoms with van der Waals surface area (Å²) in [4.78, 5) is 22.9. The molecule has 1 unspecified atom stereocenters. The van der Waals surface area contributed by atoms with Crippen LogP contribution in [0.3, 0.4) is 0 Å². The maximum Gasteiger partial charge on any atom is 0.305 e. The molecule has 2 N–H and O–H groups in total. The lowest BCUT2D eigenvalue weighted by molar-refractivity contribution is -0.139. The molecule has 0 spiro atoms. The number of carbonyl (C=O) groups is 2. The van der Waals surface area contributed by atoms with Gasteiger partial charge in [0.2, 0.25) is 5.91 Å². The van der Waals surface area contributed by atoms with Crippen molar-refractivity contribution in [2.45, 2.75) is 45.6 Å². The number of nitrogens with one attached hydrogen (secondary N) is 1. The molecule has 0 aliphatic carbocycles. The number of halogens is 1. The van der Waals surface area contributed by atoms with Crippen LogP contribution in [0.25, 0.3) is 0 Å². The number of carboxylic acid groups (broad SMARTS) is 1. The fourth-order valence-corrected chi connectivity index (χ4v) is 2.00. The van der Waals surface area contributed by atoms with E-state index in [1.165, 1.54) is 12.1 Å². The Labute approximate surface area is 124 Å². The van der Waals surface area contributed by atoms with E-state index < -0.39 is 11.5 Å². The maximum absolute atomic E-state index is 12.8. The lowest BCUT2D eigenvalue weighted by atomic mass is 9.85. The number of benzene rings is 1. The minimum Gasteiger partial charge on any atom is -0.481 e. The second-order valence-electron chi connectivity index (χ2n) is 5.82. The van der Waals surface area contributed by atoms with Gasteiger partial charge in [0.15, 0.2) is 0 Å². The second-order valence-corrected chi connectivity index (χ2v) is 5.82. The van der Waals surface area contributed by atoms with E-state index in [9.17, 15) is 14.0 Å². The van der Waals surface area contributed by atoms with Gasteiger partial charge in [-0.05, 0) is 37.0 Å². The molecule has 5 heteroatoms. The third-order valence-electron chi connectivity index (χ3n) is 3.77. The summed E-state index contributed by atoms with van der Waals surface area (Å²) < 4.78 is 12.8. The highest BCUT2D eigenvalue weighted by Gasteiger charge is 2.32. The van der Waals surface area contributed by atoms with Gasteiger partial charge in [0.25, 0.3) is 0 Å². The highest BCUT2D eigenvalue weighted by Crippen LogP contribution is 2.21.